The van der Waals surface area contributed by atoms with Gasteiger partial charge in [0.15, 0.2) is 0 Å². The summed E-state index contributed by atoms with van der Waals surface area (Å²) in [6, 6.07) is 6.45. The Morgan fingerprint density at radius 1 is 1.31 bits per heavy atom. The highest BCUT2D eigenvalue weighted by molar-refractivity contribution is 5.87. The number of urea groups is 1. The summed E-state index contributed by atoms with van der Waals surface area (Å²) in [5, 5.41) is 11.9. The molecule has 2 N–H and O–H groups in total. The van der Waals surface area contributed by atoms with Crippen molar-refractivity contribution in [3.05, 3.63) is 35.4 Å². The number of morpholine rings is 1. The van der Waals surface area contributed by atoms with Crippen LogP contribution in [0.15, 0.2) is 24.3 Å². The summed E-state index contributed by atoms with van der Waals surface area (Å²) < 4.78 is 11.2. The number of carbonyl (C=O) groups is 2. The Balaban J connectivity index is 1.60. The van der Waals surface area contributed by atoms with Gasteiger partial charge in [0.25, 0.3) is 0 Å². The van der Waals surface area contributed by atoms with Crippen molar-refractivity contribution < 1.29 is 24.2 Å². The molecule has 142 valence electrons. The SMILES string of the molecule is COC1CCCC1C1COCCN1C(=O)NCc1ccc(C(=O)O)cc1. The van der Waals surface area contributed by atoms with Crippen LogP contribution in [0.1, 0.15) is 35.2 Å². The molecule has 1 aliphatic carbocycles. The minimum Gasteiger partial charge on any atom is -0.478 e. The largest absolute Gasteiger partial charge is 0.478 e. The summed E-state index contributed by atoms with van der Waals surface area (Å²) >= 11 is 0. The molecule has 3 atom stereocenters. The first-order valence-corrected chi connectivity index (χ1v) is 9.07. The van der Waals surface area contributed by atoms with E-state index in [2.05, 4.69) is 5.32 Å². The van der Waals surface area contributed by atoms with Crippen LogP contribution in [0, 0.1) is 5.92 Å². The van der Waals surface area contributed by atoms with Crippen LogP contribution < -0.4 is 5.32 Å². The molecule has 1 saturated carbocycles. The quantitative estimate of drug-likeness (QED) is 0.838. The van der Waals surface area contributed by atoms with Gasteiger partial charge in [-0.15, -0.1) is 0 Å². The zero-order valence-electron chi connectivity index (χ0n) is 15.0. The third kappa shape index (κ3) is 4.16. The summed E-state index contributed by atoms with van der Waals surface area (Å²) in [6.07, 6.45) is 3.38. The third-order valence-corrected chi connectivity index (χ3v) is 5.37. The van der Waals surface area contributed by atoms with E-state index < -0.39 is 5.97 Å². The van der Waals surface area contributed by atoms with Gasteiger partial charge < -0.3 is 24.8 Å². The number of nitrogens with zero attached hydrogens (tertiary/aromatic N) is 1. The molecule has 1 aromatic rings. The van der Waals surface area contributed by atoms with E-state index >= 15 is 0 Å². The number of amides is 2. The zero-order chi connectivity index (χ0) is 18.5. The number of hydrogen-bond donors (Lipinski definition) is 2. The zero-order valence-corrected chi connectivity index (χ0v) is 15.0. The average molecular weight is 362 g/mol. The van der Waals surface area contributed by atoms with E-state index in [1.165, 1.54) is 0 Å². The van der Waals surface area contributed by atoms with Gasteiger partial charge in [-0.25, -0.2) is 9.59 Å². The molecule has 1 heterocycles. The minimum atomic E-state index is -0.957. The van der Waals surface area contributed by atoms with Gasteiger partial charge in [0, 0.05) is 26.1 Å². The number of benzene rings is 1. The predicted molar refractivity (Wildman–Crippen MR) is 95.1 cm³/mol. The van der Waals surface area contributed by atoms with Gasteiger partial charge in [0.2, 0.25) is 0 Å². The first kappa shape index (κ1) is 18.7. The number of carboxylic acid groups (broad SMARTS) is 1. The third-order valence-electron chi connectivity index (χ3n) is 5.37. The Morgan fingerprint density at radius 2 is 2.08 bits per heavy atom. The van der Waals surface area contributed by atoms with E-state index in [0.717, 1.165) is 24.8 Å². The van der Waals surface area contributed by atoms with E-state index in [1.54, 1.807) is 31.4 Å². The van der Waals surface area contributed by atoms with E-state index in [-0.39, 0.29) is 23.7 Å². The molecule has 26 heavy (non-hydrogen) atoms. The summed E-state index contributed by atoms with van der Waals surface area (Å²) in [7, 11) is 1.73. The van der Waals surface area contributed by atoms with Crippen LogP contribution in [0.5, 0.6) is 0 Å². The van der Waals surface area contributed by atoms with Crippen molar-refractivity contribution >= 4 is 12.0 Å². The highest BCUT2D eigenvalue weighted by Crippen LogP contribution is 2.34. The van der Waals surface area contributed by atoms with Crippen molar-refractivity contribution in [2.45, 2.75) is 38.0 Å². The minimum absolute atomic E-state index is 0.0330. The highest BCUT2D eigenvalue weighted by atomic mass is 16.5. The normalized spacial score (nSPS) is 25.9. The number of rotatable bonds is 5. The van der Waals surface area contributed by atoms with E-state index in [1.807, 2.05) is 4.90 Å². The lowest BCUT2D eigenvalue weighted by Crippen LogP contribution is -2.56. The van der Waals surface area contributed by atoms with Crippen LogP contribution in [0.4, 0.5) is 4.79 Å². The first-order valence-electron chi connectivity index (χ1n) is 9.07. The monoisotopic (exact) mass is 362 g/mol. The molecule has 3 unspecified atom stereocenters. The number of hydrogen-bond acceptors (Lipinski definition) is 4. The number of aromatic carboxylic acids is 1. The Kier molecular flexibility index (Phi) is 6.11. The fourth-order valence-electron chi connectivity index (χ4n) is 3.96. The standard InChI is InChI=1S/C19H26N2O5/c1-25-17-4-2-3-15(17)16-12-26-10-9-21(16)19(24)20-11-13-5-7-14(8-6-13)18(22)23/h5-8,15-17H,2-4,9-12H2,1H3,(H,20,24)(H,22,23). The molecule has 1 saturated heterocycles. The number of methoxy groups -OCH3 is 1. The van der Waals surface area contributed by atoms with Gasteiger partial charge in [0.1, 0.15) is 0 Å². The van der Waals surface area contributed by atoms with Crippen LogP contribution >= 0.6 is 0 Å². The number of nitrogens with one attached hydrogen (secondary N) is 1. The van der Waals surface area contributed by atoms with Gasteiger partial charge in [-0.05, 0) is 30.5 Å². The molecule has 2 aliphatic rings. The second-order valence-electron chi connectivity index (χ2n) is 6.87. The summed E-state index contributed by atoms with van der Waals surface area (Å²) in [4.78, 5) is 25.5. The van der Waals surface area contributed by atoms with Crippen LogP contribution in [0.25, 0.3) is 0 Å². The van der Waals surface area contributed by atoms with Crippen molar-refractivity contribution in [3.63, 3.8) is 0 Å². The lowest BCUT2D eigenvalue weighted by atomic mass is 9.94. The molecule has 0 bridgehead atoms. The van der Waals surface area contributed by atoms with Gasteiger partial charge in [-0.2, -0.15) is 0 Å². The van der Waals surface area contributed by atoms with Crippen molar-refractivity contribution in [1.29, 1.82) is 0 Å². The fourth-order valence-corrected chi connectivity index (χ4v) is 3.96. The van der Waals surface area contributed by atoms with Crippen molar-refractivity contribution in [2.75, 3.05) is 26.9 Å². The summed E-state index contributed by atoms with van der Waals surface area (Å²) in [6.45, 7) is 2.02. The molecule has 2 amide bonds. The lowest BCUT2D eigenvalue weighted by Gasteiger charge is -2.40. The summed E-state index contributed by atoms with van der Waals surface area (Å²) in [5.74, 6) is -0.651. The highest BCUT2D eigenvalue weighted by Gasteiger charge is 2.40. The average Bonchev–Trinajstić information content (AvgIpc) is 3.15. The first-order chi connectivity index (χ1) is 12.6. The van der Waals surface area contributed by atoms with E-state index in [4.69, 9.17) is 14.6 Å². The van der Waals surface area contributed by atoms with Crippen LogP contribution in [-0.4, -0.2) is 61.0 Å². The van der Waals surface area contributed by atoms with Crippen molar-refractivity contribution in [1.82, 2.24) is 10.2 Å². The van der Waals surface area contributed by atoms with Gasteiger partial charge in [-0.3, -0.25) is 0 Å². The van der Waals surface area contributed by atoms with Crippen LogP contribution in [0.3, 0.4) is 0 Å². The maximum atomic E-state index is 12.7. The molecular formula is C19H26N2O5. The number of ether oxygens (including phenoxy) is 2. The maximum absolute atomic E-state index is 12.7. The Morgan fingerprint density at radius 3 is 2.77 bits per heavy atom. The second-order valence-corrected chi connectivity index (χ2v) is 6.87. The predicted octanol–water partition coefficient (Wildman–Crippen LogP) is 2.11. The van der Waals surface area contributed by atoms with Crippen LogP contribution in [-0.2, 0) is 16.0 Å². The molecule has 7 nitrogen and oxygen atoms in total. The lowest BCUT2D eigenvalue weighted by molar-refractivity contribution is -0.0399. The number of carbonyl (C=O) groups excluding carboxylic acids is 1. The topological polar surface area (TPSA) is 88.1 Å². The van der Waals surface area contributed by atoms with Crippen molar-refractivity contribution in [3.8, 4) is 0 Å². The van der Waals surface area contributed by atoms with E-state index in [0.29, 0.717) is 32.2 Å². The van der Waals surface area contributed by atoms with Gasteiger partial charge in [0.05, 0.1) is 30.9 Å². The molecule has 0 radical (unpaired) electrons. The molecule has 7 heteroatoms. The van der Waals surface area contributed by atoms with Gasteiger partial charge in [-0.1, -0.05) is 18.6 Å². The second kappa shape index (κ2) is 8.51. The molecule has 3 rings (SSSR count). The Bertz CT molecular complexity index is 633. The van der Waals surface area contributed by atoms with E-state index in [9.17, 15) is 9.59 Å². The van der Waals surface area contributed by atoms with Crippen molar-refractivity contribution in [2.24, 2.45) is 5.92 Å². The summed E-state index contributed by atoms with van der Waals surface area (Å²) in [5.41, 5.74) is 1.10. The molecule has 0 spiro atoms. The van der Waals surface area contributed by atoms with Crippen LogP contribution in [0.2, 0.25) is 0 Å². The number of carboxylic acids is 1. The molecule has 2 fully saturated rings. The van der Waals surface area contributed by atoms with Gasteiger partial charge >= 0.3 is 12.0 Å². The Hall–Kier alpha value is -2.12. The maximum Gasteiger partial charge on any atom is 0.335 e. The molecule has 0 aromatic heterocycles. The molecule has 1 aliphatic heterocycles. The molecule has 1 aromatic carbocycles. The Labute approximate surface area is 153 Å². The smallest absolute Gasteiger partial charge is 0.335 e. The molecular weight excluding hydrogens is 336 g/mol. The fraction of sp³-hybridized carbons (Fsp3) is 0.579.